The molecule has 0 aliphatic carbocycles. The van der Waals surface area contributed by atoms with Crippen LogP contribution in [0.4, 0.5) is 4.79 Å². The normalized spacial score (nSPS) is 19.8. The van der Waals surface area contributed by atoms with Crippen LogP contribution in [0.5, 0.6) is 0 Å². The minimum atomic E-state index is -0.849. The topological polar surface area (TPSA) is 101 Å². The maximum atomic E-state index is 14.0. The Hall–Kier alpha value is -3.01. The van der Waals surface area contributed by atoms with Crippen molar-refractivity contribution >= 4 is 46.5 Å². The van der Waals surface area contributed by atoms with E-state index in [4.69, 9.17) is 4.74 Å². The molecular formula is C29H42N4O5S. The third-order valence-electron chi connectivity index (χ3n) is 6.92. The second-order valence-corrected chi connectivity index (χ2v) is 12.3. The molecule has 39 heavy (non-hydrogen) atoms. The van der Waals surface area contributed by atoms with Crippen molar-refractivity contribution in [3.63, 3.8) is 0 Å². The number of rotatable bonds is 8. The molecule has 1 N–H and O–H groups in total. The molecule has 1 aliphatic heterocycles. The van der Waals surface area contributed by atoms with E-state index in [2.05, 4.69) is 12.2 Å². The van der Waals surface area contributed by atoms with Crippen LogP contribution in [-0.2, 0) is 14.3 Å². The molecule has 1 aromatic heterocycles. The quantitative estimate of drug-likeness (QED) is 0.495. The molecule has 1 saturated heterocycles. The summed E-state index contributed by atoms with van der Waals surface area (Å²) in [6, 6.07) is 7.23. The van der Waals surface area contributed by atoms with Crippen molar-refractivity contribution in [1.82, 2.24) is 19.7 Å². The van der Waals surface area contributed by atoms with E-state index in [9.17, 15) is 19.2 Å². The zero-order valence-electron chi connectivity index (χ0n) is 24.1. The minimum Gasteiger partial charge on any atom is -0.444 e. The molecule has 1 aliphatic rings. The van der Waals surface area contributed by atoms with Gasteiger partial charge in [-0.15, -0.1) is 11.8 Å². The van der Waals surface area contributed by atoms with Crippen LogP contribution in [0.1, 0.15) is 72.0 Å². The molecule has 2 aromatic rings. The van der Waals surface area contributed by atoms with Gasteiger partial charge in [-0.3, -0.25) is 23.9 Å². The number of benzene rings is 1. The maximum absolute atomic E-state index is 14.0. The van der Waals surface area contributed by atoms with Crippen LogP contribution < -0.4 is 5.32 Å². The van der Waals surface area contributed by atoms with Gasteiger partial charge in [0.1, 0.15) is 23.7 Å². The molecule has 0 radical (unpaired) electrons. The molecule has 3 amide bonds. The van der Waals surface area contributed by atoms with Crippen LogP contribution >= 0.6 is 11.8 Å². The highest BCUT2D eigenvalue weighted by Gasteiger charge is 2.41. The fourth-order valence-corrected chi connectivity index (χ4v) is 6.15. The number of thioether (sulfide) groups is 1. The summed E-state index contributed by atoms with van der Waals surface area (Å²) < 4.78 is 7.01. The van der Waals surface area contributed by atoms with E-state index in [-0.39, 0.29) is 17.2 Å². The van der Waals surface area contributed by atoms with Gasteiger partial charge < -0.3 is 15.0 Å². The Morgan fingerprint density at radius 1 is 1.18 bits per heavy atom. The van der Waals surface area contributed by atoms with Gasteiger partial charge in [0.25, 0.3) is 5.91 Å². The lowest BCUT2D eigenvalue weighted by Gasteiger charge is -2.37. The van der Waals surface area contributed by atoms with Crippen LogP contribution in [0.2, 0.25) is 0 Å². The monoisotopic (exact) mass is 558 g/mol. The number of nitrogens with one attached hydrogen (secondary N) is 1. The average molecular weight is 559 g/mol. The summed E-state index contributed by atoms with van der Waals surface area (Å²) in [6.07, 6.45) is 3.61. The first-order valence-corrected chi connectivity index (χ1v) is 14.7. The molecule has 4 atom stereocenters. The summed E-state index contributed by atoms with van der Waals surface area (Å²) >= 11 is 1.65. The lowest BCUT2D eigenvalue weighted by Crippen LogP contribution is -2.58. The van der Waals surface area contributed by atoms with Crippen molar-refractivity contribution in [3.8, 4) is 0 Å². The number of fused-ring (bicyclic) bond motifs is 1. The van der Waals surface area contributed by atoms with Crippen molar-refractivity contribution in [3.05, 3.63) is 36.5 Å². The van der Waals surface area contributed by atoms with Gasteiger partial charge in [0.2, 0.25) is 11.8 Å². The molecule has 0 spiro atoms. The number of amides is 3. The highest BCUT2D eigenvalue weighted by atomic mass is 32.2. The molecule has 2 heterocycles. The summed E-state index contributed by atoms with van der Waals surface area (Å²) in [6.45, 7) is 10.8. The van der Waals surface area contributed by atoms with Crippen LogP contribution in [0.3, 0.4) is 0 Å². The summed E-state index contributed by atoms with van der Waals surface area (Å²) in [4.78, 5) is 56.6. The first-order chi connectivity index (χ1) is 18.4. The average Bonchev–Trinajstić information content (AvgIpc) is 3.26. The van der Waals surface area contributed by atoms with Gasteiger partial charge in [-0.1, -0.05) is 38.5 Å². The van der Waals surface area contributed by atoms with E-state index in [0.717, 1.165) is 23.7 Å². The molecule has 9 nitrogen and oxygen atoms in total. The van der Waals surface area contributed by atoms with Crippen LogP contribution in [0.25, 0.3) is 10.9 Å². The Balaban J connectivity index is 1.85. The van der Waals surface area contributed by atoms with Crippen molar-refractivity contribution < 1.29 is 23.9 Å². The number of carbonyl (C=O) groups is 4. The fraction of sp³-hybridized carbons (Fsp3) is 0.586. The predicted molar refractivity (Wildman–Crippen MR) is 155 cm³/mol. The SMILES string of the molecule is CCC[C@@H]1SCC[C@H](NC(=O)[C@H](C)N(C)C(=O)OC(C)(C)C)C(=O)N1[C@H](CC)C(=O)n1ccc2ccccc21. The number of likely N-dealkylation sites (N-methyl/N-ethyl adjacent to an activating group) is 1. The third kappa shape index (κ3) is 7.15. The highest BCUT2D eigenvalue weighted by molar-refractivity contribution is 7.99. The van der Waals surface area contributed by atoms with Gasteiger partial charge in [-0.2, -0.15) is 0 Å². The second kappa shape index (κ2) is 12.9. The van der Waals surface area contributed by atoms with Gasteiger partial charge >= 0.3 is 6.09 Å². The van der Waals surface area contributed by atoms with Crippen molar-refractivity contribution in [2.24, 2.45) is 0 Å². The predicted octanol–water partition coefficient (Wildman–Crippen LogP) is 4.89. The molecule has 0 saturated carbocycles. The van der Waals surface area contributed by atoms with E-state index in [1.165, 1.54) is 11.9 Å². The van der Waals surface area contributed by atoms with E-state index < -0.39 is 35.7 Å². The smallest absolute Gasteiger partial charge is 0.410 e. The Morgan fingerprint density at radius 3 is 2.51 bits per heavy atom. The number of para-hydroxylation sites is 1. The van der Waals surface area contributed by atoms with E-state index in [0.29, 0.717) is 18.6 Å². The number of ether oxygens (including phenoxy) is 1. The molecule has 1 aromatic carbocycles. The zero-order valence-corrected chi connectivity index (χ0v) is 24.9. The maximum Gasteiger partial charge on any atom is 0.410 e. The second-order valence-electron chi connectivity index (χ2n) is 11.0. The van der Waals surface area contributed by atoms with E-state index in [1.54, 1.807) is 55.1 Å². The Morgan fingerprint density at radius 2 is 1.87 bits per heavy atom. The van der Waals surface area contributed by atoms with Crippen molar-refractivity contribution in [2.45, 2.75) is 96.3 Å². The molecule has 0 bridgehead atoms. The van der Waals surface area contributed by atoms with Crippen LogP contribution in [0, 0.1) is 0 Å². The standard InChI is InChI=1S/C29H42N4O5S/c1-8-12-24-33(22(9-2)27(36)32-17-15-20-13-10-11-14-23(20)32)26(35)21(16-18-39-24)30-25(34)19(3)31(7)28(37)38-29(4,5)6/h10-11,13-15,17,19,21-22,24H,8-9,12,16,18H2,1-7H3,(H,30,34)/t19-,21-,22+,24-/m0/s1. The Kier molecular flexibility index (Phi) is 10.1. The number of hydrogen-bond donors (Lipinski definition) is 1. The fourth-order valence-electron chi connectivity index (χ4n) is 4.69. The summed E-state index contributed by atoms with van der Waals surface area (Å²) in [5, 5.41) is 3.65. The molecule has 214 valence electrons. The number of nitrogens with zero attached hydrogens (tertiary/aromatic N) is 3. The molecule has 1 fully saturated rings. The largest absolute Gasteiger partial charge is 0.444 e. The van der Waals surface area contributed by atoms with Crippen LogP contribution in [-0.4, -0.2) is 80.1 Å². The molecule has 3 rings (SSSR count). The zero-order chi connectivity index (χ0) is 28.9. The minimum absolute atomic E-state index is 0.168. The number of hydrogen-bond acceptors (Lipinski definition) is 6. The van der Waals surface area contributed by atoms with Gasteiger partial charge in [0.05, 0.1) is 10.9 Å². The van der Waals surface area contributed by atoms with Crippen molar-refractivity contribution in [1.29, 1.82) is 0 Å². The van der Waals surface area contributed by atoms with E-state index >= 15 is 0 Å². The summed E-state index contributed by atoms with van der Waals surface area (Å²) in [5.41, 5.74) is 0.101. The van der Waals surface area contributed by atoms with Crippen molar-refractivity contribution in [2.75, 3.05) is 12.8 Å². The third-order valence-corrected chi connectivity index (χ3v) is 8.24. The number of carbonyl (C=O) groups excluding carboxylic acids is 4. The molecule has 10 heteroatoms. The Labute approximate surface area is 235 Å². The summed E-state index contributed by atoms with van der Waals surface area (Å²) in [7, 11) is 1.50. The number of aromatic nitrogens is 1. The van der Waals surface area contributed by atoms with Gasteiger partial charge in [0, 0.05) is 18.6 Å². The summed E-state index contributed by atoms with van der Waals surface area (Å²) in [5.74, 6) is -0.226. The Bertz CT molecular complexity index is 1190. The lowest BCUT2D eigenvalue weighted by atomic mass is 10.1. The first kappa shape index (κ1) is 30.5. The van der Waals surface area contributed by atoms with E-state index in [1.807, 2.05) is 37.3 Å². The molecule has 0 unspecified atom stereocenters. The van der Waals surface area contributed by atoms with Crippen LogP contribution in [0.15, 0.2) is 36.5 Å². The first-order valence-electron chi connectivity index (χ1n) is 13.7. The van der Waals surface area contributed by atoms with Gasteiger partial charge in [-0.25, -0.2) is 4.79 Å². The molecular weight excluding hydrogens is 516 g/mol. The highest BCUT2D eigenvalue weighted by Crippen LogP contribution is 2.31. The lowest BCUT2D eigenvalue weighted by molar-refractivity contribution is -0.139. The van der Waals surface area contributed by atoms with Gasteiger partial charge in [0.15, 0.2) is 0 Å². The van der Waals surface area contributed by atoms with Gasteiger partial charge in [-0.05, 0) is 64.8 Å².